The van der Waals surface area contributed by atoms with Crippen LogP contribution in [0.2, 0.25) is 0 Å². The molecule has 1 aromatic carbocycles. The molecule has 0 fully saturated rings. The Kier molecular flexibility index (Phi) is 5.48. The quantitative estimate of drug-likeness (QED) is 0.767. The number of nitrogens with two attached hydrogens (primary N) is 1. The van der Waals surface area contributed by atoms with E-state index in [1.54, 1.807) is 7.05 Å². The summed E-state index contributed by atoms with van der Waals surface area (Å²) in [5.41, 5.74) is 7.52. The summed E-state index contributed by atoms with van der Waals surface area (Å²) in [5, 5.41) is 2.61. The fraction of sp³-hybridized carbons (Fsp3) is 0.500. The minimum absolute atomic E-state index is 0.0450. The molecule has 0 saturated heterocycles. The largest absolute Gasteiger partial charge is 0.489 e. The molecule has 1 rings (SSSR count). The number of ether oxygens (including phenoxy) is 1. The summed E-state index contributed by atoms with van der Waals surface area (Å²) in [6, 6.07) is 5.62. The number of likely N-dealkylation sites (N-methyl/N-ethyl adjacent to an activating group) is 2. The van der Waals surface area contributed by atoms with E-state index in [1.807, 2.05) is 43.9 Å². The average molecular weight is 265 g/mol. The van der Waals surface area contributed by atoms with Crippen LogP contribution in [0, 0.1) is 0 Å². The van der Waals surface area contributed by atoms with Crippen molar-refractivity contribution in [1.29, 1.82) is 0 Å². The minimum Gasteiger partial charge on any atom is -0.489 e. The van der Waals surface area contributed by atoms with Crippen molar-refractivity contribution in [3.05, 3.63) is 18.2 Å². The summed E-state index contributed by atoms with van der Waals surface area (Å²) in [4.78, 5) is 13.4. The van der Waals surface area contributed by atoms with Crippen LogP contribution >= 0.6 is 0 Å². The van der Waals surface area contributed by atoms with Crippen molar-refractivity contribution >= 4 is 17.3 Å². The molecule has 1 aromatic rings. The molecule has 106 valence electrons. The van der Waals surface area contributed by atoms with Crippen molar-refractivity contribution in [3.8, 4) is 5.75 Å². The van der Waals surface area contributed by atoms with Crippen molar-refractivity contribution in [2.45, 2.75) is 26.9 Å². The number of nitrogens with one attached hydrogen (secondary N) is 1. The van der Waals surface area contributed by atoms with Crippen LogP contribution in [-0.4, -0.2) is 32.1 Å². The Morgan fingerprint density at radius 2 is 2.16 bits per heavy atom. The van der Waals surface area contributed by atoms with Crippen LogP contribution in [0.25, 0.3) is 0 Å². The molecule has 0 aliphatic heterocycles. The molecule has 0 atom stereocenters. The van der Waals surface area contributed by atoms with Gasteiger partial charge in [-0.05, 0) is 32.9 Å². The number of hydrogen-bond donors (Lipinski definition) is 2. The third kappa shape index (κ3) is 4.05. The first-order valence-electron chi connectivity index (χ1n) is 6.50. The molecule has 0 spiro atoms. The Morgan fingerprint density at radius 1 is 1.47 bits per heavy atom. The molecule has 0 heterocycles. The third-order valence-electron chi connectivity index (χ3n) is 2.74. The molecule has 0 aromatic heterocycles. The lowest BCUT2D eigenvalue weighted by atomic mass is 10.2. The van der Waals surface area contributed by atoms with Crippen molar-refractivity contribution in [2.24, 2.45) is 0 Å². The predicted molar refractivity (Wildman–Crippen MR) is 78.6 cm³/mol. The molecule has 1 amide bonds. The van der Waals surface area contributed by atoms with E-state index in [1.165, 1.54) is 0 Å². The summed E-state index contributed by atoms with van der Waals surface area (Å²) >= 11 is 0. The molecule has 5 heteroatoms. The number of nitrogen functional groups attached to an aromatic ring is 1. The first kappa shape index (κ1) is 15.1. The Hall–Kier alpha value is -1.91. The number of para-hydroxylation sites is 1. The van der Waals surface area contributed by atoms with Crippen LogP contribution < -0.4 is 20.7 Å². The maximum absolute atomic E-state index is 11.5. The van der Waals surface area contributed by atoms with E-state index in [0.717, 1.165) is 5.69 Å². The maximum atomic E-state index is 11.5. The Balaban J connectivity index is 3.00. The van der Waals surface area contributed by atoms with Crippen molar-refractivity contribution in [2.75, 3.05) is 30.8 Å². The monoisotopic (exact) mass is 265 g/mol. The number of hydrogen-bond acceptors (Lipinski definition) is 4. The lowest BCUT2D eigenvalue weighted by Gasteiger charge is -2.25. The molecule has 0 unspecified atom stereocenters. The van der Waals surface area contributed by atoms with Gasteiger partial charge in [0.25, 0.3) is 0 Å². The molecule has 0 aliphatic carbocycles. The molecular weight excluding hydrogens is 242 g/mol. The van der Waals surface area contributed by atoms with Gasteiger partial charge in [-0.3, -0.25) is 4.79 Å². The number of carbonyl (C=O) groups is 1. The van der Waals surface area contributed by atoms with E-state index in [2.05, 4.69) is 5.32 Å². The van der Waals surface area contributed by atoms with Gasteiger partial charge in [0.1, 0.15) is 5.75 Å². The summed E-state index contributed by atoms with van der Waals surface area (Å²) in [6.07, 6.45) is 0.0616. The highest BCUT2D eigenvalue weighted by atomic mass is 16.5. The van der Waals surface area contributed by atoms with Gasteiger partial charge >= 0.3 is 0 Å². The second-order valence-electron chi connectivity index (χ2n) is 4.54. The van der Waals surface area contributed by atoms with Crippen LogP contribution in [0.5, 0.6) is 5.75 Å². The Labute approximate surface area is 114 Å². The smallest absolute Gasteiger partial charge is 0.239 e. The Bertz CT molecular complexity index is 433. The van der Waals surface area contributed by atoms with Gasteiger partial charge in [-0.25, -0.2) is 0 Å². The van der Waals surface area contributed by atoms with Gasteiger partial charge in [0.2, 0.25) is 5.91 Å². The summed E-state index contributed by atoms with van der Waals surface area (Å²) in [7, 11) is 1.62. The van der Waals surface area contributed by atoms with Crippen LogP contribution in [0.4, 0.5) is 11.4 Å². The van der Waals surface area contributed by atoms with Gasteiger partial charge in [0, 0.05) is 13.6 Å². The predicted octanol–water partition coefficient (Wildman–Crippen LogP) is 1.63. The molecular formula is C14H23N3O2. The van der Waals surface area contributed by atoms with Gasteiger partial charge in [-0.2, -0.15) is 0 Å². The molecule has 5 nitrogen and oxygen atoms in total. The summed E-state index contributed by atoms with van der Waals surface area (Å²) < 4.78 is 5.66. The molecule has 0 saturated carbocycles. The van der Waals surface area contributed by atoms with Gasteiger partial charge < -0.3 is 20.7 Å². The summed E-state index contributed by atoms with van der Waals surface area (Å²) in [5.74, 6) is 0.610. The first-order chi connectivity index (χ1) is 8.99. The van der Waals surface area contributed by atoms with E-state index in [0.29, 0.717) is 18.0 Å². The second-order valence-corrected chi connectivity index (χ2v) is 4.54. The van der Waals surface area contributed by atoms with Crippen LogP contribution in [0.3, 0.4) is 0 Å². The lowest BCUT2D eigenvalue weighted by Crippen LogP contribution is -2.35. The molecule has 0 bridgehead atoms. The van der Waals surface area contributed by atoms with Crippen molar-refractivity contribution in [1.82, 2.24) is 5.32 Å². The normalized spacial score (nSPS) is 10.4. The van der Waals surface area contributed by atoms with E-state index in [9.17, 15) is 4.79 Å². The van der Waals surface area contributed by atoms with Crippen molar-refractivity contribution < 1.29 is 9.53 Å². The van der Waals surface area contributed by atoms with Crippen molar-refractivity contribution in [3.63, 3.8) is 0 Å². The number of nitrogens with zero attached hydrogens (tertiary/aromatic N) is 1. The fourth-order valence-corrected chi connectivity index (χ4v) is 1.78. The van der Waals surface area contributed by atoms with Crippen LogP contribution in [0.1, 0.15) is 20.8 Å². The highest BCUT2D eigenvalue weighted by Crippen LogP contribution is 2.32. The zero-order valence-corrected chi connectivity index (χ0v) is 12.1. The lowest BCUT2D eigenvalue weighted by molar-refractivity contribution is -0.119. The number of anilines is 2. The molecule has 0 aliphatic rings. The highest BCUT2D eigenvalue weighted by molar-refractivity contribution is 5.84. The Morgan fingerprint density at radius 3 is 2.68 bits per heavy atom. The number of amides is 1. The van der Waals surface area contributed by atoms with Gasteiger partial charge in [-0.1, -0.05) is 6.07 Å². The molecule has 0 radical (unpaired) electrons. The maximum Gasteiger partial charge on any atom is 0.239 e. The van der Waals surface area contributed by atoms with Crippen LogP contribution in [-0.2, 0) is 4.79 Å². The van der Waals surface area contributed by atoms with Crippen LogP contribution in [0.15, 0.2) is 18.2 Å². The average Bonchev–Trinajstić information content (AvgIpc) is 2.38. The number of benzene rings is 1. The minimum atomic E-state index is -0.0450. The number of carbonyl (C=O) groups excluding carboxylic acids is 1. The van der Waals surface area contributed by atoms with Gasteiger partial charge in [-0.15, -0.1) is 0 Å². The highest BCUT2D eigenvalue weighted by Gasteiger charge is 2.14. The topological polar surface area (TPSA) is 67.6 Å². The van der Waals surface area contributed by atoms with E-state index in [4.69, 9.17) is 10.5 Å². The zero-order chi connectivity index (χ0) is 14.4. The van der Waals surface area contributed by atoms with E-state index in [-0.39, 0.29) is 18.6 Å². The summed E-state index contributed by atoms with van der Waals surface area (Å²) in [6.45, 7) is 6.87. The second kappa shape index (κ2) is 6.87. The van der Waals surface area contributed by atoms with Gasteiger partial charge in [0.15, 0.2) is 0 Å². The molecule has 3 N–H and O–H groups in total. The fourth-order valence-electron chi connectivity index (χ4n) is 1.78. The molecule has 19 heavy (non-hydrogen) atoms. The zero-order valence-electron chi connectivity index (χ0n) is 12.1. The first-order valence-corrected chi connectivity index (χ1v) is 6.50. The SMILES string of the molecule is CCN(CC(=O)NC)c1cccc(OC(C)C)c1N. The van der Waals surface area contributed by atoms with Gasteiger partial charge in [0.05, 0.1) is 24.0 Å². The number of rotatable bonds is 6. The standard InChI is InChI=1S/C14H23N3O2/c1-5-17(9-13(18)16-4)11-7-6-8-12(14(11)15)19-10(2)3/h6-8,10H,5,9,15H2,1-4H3,(H,16,18). The van der Waals surface area contributed by atoms with E-state index >= 15 is 0 Å². The third-order valence-corrected chi connectivity index (χ3v) is 2.74. The van der Waals surface area contributed by atoms with E-state index < -0.39 is 0 Å².